The third-order valence-electron chi connectivity index (χ3n) is 3.32. The molecule has 1 amide bonds. The van der Waals surface area contributed by atoms with E-state index in [4.69, 9.17) is 5.11 Å². The van der Waals surface area contributed by atoms with Gasteiger partial charge in [-0.25, -0.2) is 8.42 Å². The summed E-state index contributed by atoms with van der Waals surface area (Å²) in [5.74, 6) is -0.200. The van der Waals surface area contributed by atoms with Crippen molar-refractivity contribution < 1.29 is 18.3 Å². The van der Waals surface area contributed by atoms with Gasteiger partial charge in [0.1, 0.15) is 6.04 Å². The Hall–Kier alpha value is -0.660. The third kappa shape index (κ3) is 5.46. The average molecular weight is 292 g/mol. The number of aliphatic hydroxyl groups is 1. The summed E-state index contributed by atoms with van der Waals surface area (Å²) in [6, 6.07) is -0.554. The summed E-state index contributed by atoms with van der Waals surface area (Å²) in [4.78, 5) is 12.0. The fraction of sp³-hybridized carbons (Fsp3) is 0.917. The molecule has 1 atom stereocenters. The van der Waals surface area contributed by atoms with Crippen LogP contribution in [0, 0.1) is 0 Å². The van der Waals surface area contributed by atoms with E-state index in [1.165, 1.54) is 4.31 Å². The molecule has 6 nitrogen and oxygen atoms in total. The molecule has 0 aromatic carbocycles. The second-order valence-corrected chi connectivity index (χ2v) is 6.90. The van der Waals surface area contributed by atoms with E-state index in [1.807, 2.05) is 0 Å². The highest BCUT2D eigenvalue weighted by Gasteiger charge is 2.33. The van der Waals surface area contributed by atoms with Crippen LogP contribution in [0.2, 0.25) is 0 Å². The van der Waals surface area contributed by atoms with Crippen molar-refractivity contribution in [2.45, 2.75) is 44.6 Å². The maximum absolute atomic E-state index is 12.0. The third-order valence-corrected chi connectivity index (χ3v) is 4.61. The van der Waals surface area contributed by atoms with E-state index in [9.17, 15) is 13.2 Å². The minimum atomic E-state index is -3.32. The molecule has 1 unspecified atom stereocenters. The van der Waals surface area contributed by atoms with Crippen LogP contribution >= 0.6 is 0 Å². The van der Waals surface area contributed by atoms with Crippen molar-refractivity contribution in [2.24, 2.45) is 0 Å². The normalized spacial score (nSPS) is 21.3. The van der Waals surface area contributed by atoms with E-state index in [0.717, 1.165) is 38.4 Å². The van der Waals surface area contributed by atoms with Gasteiger partial charge in [-0.15, -0.1) is 0 Å². The van der Waals surface area contributed by atoms with E-state index in [2.05, 4.69) is 5.32 Å². The molecule has 19 heavy (non-hydrogen) atoms. The molecule has 1 rings (SSSR count). The van der Waals surface area contributed by atoms with Crippen molar-refractivity contribution in [3.63, 3.8) is 0 Å². The van der Waals surface area contributed by atoms with Crippen molar-refractivity contribution in [2.75, 3.05) is 26.0 Å². The first-order chi connectivity index (χ1) is 8.96. The predicted octanol–water partition coefficient (Wildman–Crippen LogP) is 0.0793. The molecule has 7 heteroatoms. The Balaban J connectivity index is 2.44. The van der Waals surface area contributed by atoms with Gasteiger partial charge < -0.3 is 10.4 Å². The van der Waals surface area contributed by atoms with E-state index >= 15 is 0 Å². The number of unbranched alkanes of at least 4 members (excludes halogenated alkanes) is 2. The zero-order valence-electron chi connectivity index (χ0n) is 11.5. The van der Waals surface area contributed by atoms with Crippen LogP contribution in [-0.4, -0.2) is 55.7 Å². The second kappa shape index (κ2) is 7.81. The van der Waals surface area contributed by atoms with Crippen molar-refractivity contribution in [3.05, 3.63) is 0 Å². The lowest BCUT2D eigenvalue weighted by molar-refractivity contribution is -0.125. The van der Waals surface area contributed by atoms with Gasteiger partial charge in [-0.1, -0.05) is 6.42 Å². The van der Waals surface area contributed by atoms with Gasteiger partial charge >= 0.3 is 0 Å². The first-order valence-electron chi connectivity index (χ1n) is 6.82. The van der Waals surface area contributed by atoms with Gasteiger partial charge in [0.2, 0.25) is 15.9 Å². The Labute approximate surface area is 115 Å². The van der Waals surface area contributed by atoms with Crippen molar-refractivity contribution in [3.8, 4) is 0 Å². The van der Waals surface area contributed by atoms with Crippen LogP contribution in [0.4, 0.5) is 0 Å². The second-order valence-electron chi connectivity index (χ2n) is 4.96. The molecule has 0 spiro atoms. The summed E-state index contributed by atoms with van der Waals surface area (Å²) in [5.41, 5.74) is 0. The zero-order valence-corrected chi connectivity index (χ0v) is 12.3. The molecule has 0 radical (unpaired) electrons. The van der Waals surface area contributed by atoms with Gasteiger partial charge in [0, 0.05) is 19.7 Å². The smallest absolute Gasteiger partial charge is 0.238 e. The highest BCUT2D eigenvalue weighted by Crippen LogP contribution is 2.19. The Morgan fingerprint density at radius 1 is 1.32 bits per heavy atom. The van der Waals surface area contributed by atoms with Crippen LogP contribution < -0.4 is 5.32 Å². The monoisotopic (exact) mass is 292 g/mol. The molecule has 1 fully saturated rings. The van der Waals surface area contributed by atoms with Gasteiger partial charge in [-0.2, -0.15) is 4.31 Å². The first kappa shape index (κ1) is 16.4. The lowest BCUT2D eigenvalue weighted by Crippen LogP contribution is -2.51. The number of nitrogens with one attached hydrogen (secondary N) is 1. The molecule has 0 aliphatic carbocycles. The molecular weight excluding hydrogens is 268 g/mol. The minimum absolute atomic E-state index is 0.165. The molecular formula is C12H24N2O4S. The van der Waals surface area contributed by atoms with Gasteiger partial charge in [0.05, 0.1) is 6.26 Å². The SMILES string of the molecule is CS(=O)(=O)N1CCCCC1C(=O)NCCCCCO. The summed E-state index contributed by atoms with van der Waals surface area (Å²) < 4.78 is 24.6. The average Bonchev–Trinajstić information content (AvgIpc) is 2.37. The number of aliphatic hydroxyl groups excluding tert-OH is 1. The molecule has 112 valence electrons. The number of carbonyl (C=O) groups is 1. The summed E-state index contributed by atoms with van der Waals surface area (Å²) in [7, 11) is -3.32. The van der Waals surface area contributed by atoms with Crippen molar-refractivity contribution in [1.82, 2.24) is 9.62 Å². The number of amides is 1. The van der Waals surface area contributed by atoms with Crippen molar-refractivity contribution >= 4 is 15.9 Å². The maximum Gasteiger partial charge on any atom is 0.238 e. The van der Waals surface area contributed by atoms with E-state index in [0.29, 0.717) is 19.5 Å². The number of nitrogens with zero attached hydrogens (tertiary/aromatic N) is 1. The fourth-order valence-electron chi connectivity index (χ4n) is 2.31. The number of carbonyl (C=O) groups excluding carboxylic acids is 1. The summed E-state index contributed by atoms with van der Waals surface area (Å²) in [6.07, 6.45) is 5.83. The molecule has 2 N–H and O–H groups in total. The van der Waals surface area contributed by atoms with Crippen LogP contribution in [0.1, 0.15) is 38.5 Å². The molecule has 1 aliphatic rings. The quantitative estimate of drug-likeness (QED) is 0.651. The van der Waals surface area contributed by atoms with E-state index < -0.39 is 16.1 Å². The van der Waals surface area contributed by atoms with Crippen LogP contribution in [0.15, 0.2) is 0 Å². The van der Waals surface area contributed by atoms with Gasteiger partial charge in [0.25, 0.3) is 0 Å². The number of hydrogen-bond donors (Lipinski definition) is 2. The zero-order chi connectivity index (χ0) is 14.3. The van der Waals surface area contributed by atoms with Crippen LogP contribution in [0.25, 0.3) is 0 Å². The molecule has 1 aliphatic heterocycles. The van der Waals surface area contributed by atoms with Gasteiger partial charge in [-0.05, 0) is 32.1 Å². The lowest BCUT2D eigenvalue weighted by atomic mass is 10.0. The lowest BCUT2D eigenvalue weighted by Gasteiger charge is -2.32. The van der Waals surface area contributed by atoms with E-state index in [-0.39, 0.29) is 12.5 Å². The largest absolute Gasteiger partial charge is 0.396 e. The fourth-order valence-corrected chi connectivity index (χ4v) is 3.43. The number of piperidine rings is 1. The summed E-state index contributed by atoms with van der Waals surface area (Å²) >= 11 is 0. The van der Waals surface area contributed by atoms with E-state index in [1.54, 1.807) is 0 Å². The highest BCUT2D eigenvalue weighted by molar-refractivity contribution is 7.88. The Bertz CT molecular complexity index is 383. The summed E-state index contributed by atoms with van der Waals surface area (Å²) in [6.45, 7) is 1.13. The number of rotatable bonds is 7. The first-order valence-corrected chi connectivity index (χ1v) is 8.67. The molecule has 0 aromatic rings. The number of hydrogen-bond acceptors (Lipinski definition) is 4. The molecule has 0 bridgehead atoms. The Morgan fingerprint density at radius 2 is 2.05 bits per heavy atom. The van der Waals surface area contributed by atoms with Crippen LogP contribution in [0.3, 0.4) is 0 Å². The molecule has 0 aromatic heterocycles. The maximum atomic E-state index is 12.0. The summed E-state index contributed by atoms with van der Waals surface area (Å²) in [5, 5.41) is 11.4. The Morgan fingerprint density at radius 3 is 2.68 bits per heavy atom. The Kier molecular flexibility index (Phi) is 6.74. The standard InChI is InChI=1S/C12H24N2O4S/c1-19(17,18)14-9-5-3-7-11(14)12(16)13-8-4-2-6-10-15/h11,15H,2-10H2,1H3,(H,13,16). The predicted molar refractivity (Wildman–Crippen MR) is 73.1 cm³/mol. The van der Waals surface area contributed by atoms with Gasteiger partial charge in [0.15, 0.2) is 0 Å². The topological polar surface area (TPSA) is 86.7 Å². The number of sulfonamides is 1. The molecule has 1 saturated heterocycles. The van der Waals surface area contributed by atoms with Crippen LogP contribution in [-0.2, 0) is 14.8 Å². The minimum Gasteiger partial charge on any atom is -0.396 e. The van der Waals surface area contributed by atoms with Crippen LogP contribution in [0.5, 0.6) is 0 Å². The van der Waals surface area contributed by atoms with Gasteiger partial charge in [-0.3, -0.25) is 4.79 Å². The highest BCUT2D eigenvalue weighted by atomic mass is 32.2. The van der Waals surface area contributed by atoms with Crippen molar-refractivity contribution in [1.29, 1.82) is 0 Å². The molecule has 1 heterocycles. The molecule has 0 saturated carbocycles.